The molecule has 33 heavy (non-hydrogen) atoms. The van der Waals surface area contributed by atoms with Gasteiger partial charge in [0.15, 0.2) is 0 Å². The van der Waals surface area contributed by atoms with E-state index in [9.17, 15) is 19.5 Å². The number of esters is 1. The Bertz CT molecular complexity index is 1190. The summed E-state index contributed by atoms with van der Waals surface area (Å²) in [5.74, 6) is -1.71. The minimum Gasteiger partial charge on any atom is -0.507 e. The van der Waals surface area contributed by atoms with Crippen molar-refractivity contribution in [2.24, 2.45) is 0 Å². The van der Waals surface area contributed by atoms with Gasteiger partial charge in [-0.2, -0.15) is 0 Å². The third-order valence-corrected chi connectivity index (χ3v) is 5.60. The van der Waals surface area contributed by atoms with Crippen molar-refractivity contribution in [3.8, 4) is 5.75 Å². The quantitative estimate of drug-likeness (QED) is 0.314. The number of carbonyl (C=O) groups is 3. The smallest absolute Gasteiger partial charge is 0.337 e. The van der Waals surface area contributed by atoms with Crippen molar-refractivity contribution >= 4 is 23.4 Å². The predicted molar refractivity (Wildman–Crippen MR) is 121 cm³/mol. The molecule has 0 radical (unpaired) electrons. The van der Waals surface area contributed by atoms with Crippen LogP contribution in [0.15, 0.2) is 83.6 Å². The maximum atomic E-state index is 13.2. The highest BCUT2D eigenvalue weighted by Gasteiger charge is 2.47. The van der Waals surface area contributed by atoms with Crippen molar-refractivity contribution in [1.82, 2.24) is 4.90 Å². The number of aliphatic hydroxyl groups is 1. The molecular formula is C26H23NO6. The first-order chi connectivity index (χ1) is 16.0. The van der Waals surface area contributed by atoms with E-state index in [1.807, 2.05) is 6.07 Å². The number of allylic oxidation sites excluding steroid dienone is 1. The van der Waals surface area contributed by atoms with Gasteiger partial charge in [-0.05, 0) is 42.8 Å². The average molecular weight is 445 g/mol. The second-order valence-corrected chi connectivity index (χ2v) is 7.53. The number of ketones is 1. The number of Topliss-reactive ketones (excluding diaryl/α,β-unsaturated/α-hetero) is 1. The largest absolute Gasteiger partial charge is 0.507 e. The first-order valence-corrected chi connectivity index (χ1v) is 10.5. The number of nitrogens with zero attached hydrogens (tertiary/aromatic N) is 1. The Kier molecular flexibility index (Phi) is 6.13. The second kappa shape index (κ2) is 9.16. The summed E-state index contributed by atoms with van der Waals surface area (Å²) in [5.41, 5.74) is 1.86. The number of amides is 1. The summed E-state index contributed by atoms with van der Waals surface area (Å²) in [7, 11) is 1.53. The lowest BCUT2D eigenvalue weighted by Gasteiger charge is -2.26. The Labute approximate surface area is 191 Å². The van der Waals surface area contributed by atoms with E-state index >= 15 is 0 Å². The molecule has 0 aromatic heterocycles. The summed E-state index contributed by atoms with van der Waals surface area (Å²) in [5, 5.41) is 11.1. The fourth-order valence-electron chi connectivity index (χ4n) is 4.02. The molecule has 7 heteroatoms. The summed E-state index contributed by atoms with van der Waals surface area (Å²) < 4.78 is 10.2. The minimum absolute atomic E-state index is 0.0122. The van der Waals surface area contributed by atoms with Gasteiger partial charge in [-0.25, -0.2) is 4.79 Å². The first-order valence-electron chi connectivity index (χ1n) is 10.5. The van der Waals surface area contributed by atoms with E-state index in [0.717, 1.165) is 0 Å². The van der Waals surface area contributed by atoms with Gasteiger partial charge in [0, 0.05) is 17.7 Å². The van der Waals surface area contributed by atoms with Gasteiger partial charge in [-0.3, -0.25) is 14.5 Å². The third-order valence-electron chi connectivity index (χ3n) is 5.60. The molecule has 1 atom stereocenters. The highest BCUT2D eigenvalue weighted by Crippen LogP contribution is 2.43. The molecule has 2 aromatic carbocycles. The molecule has 0 spiro atoms. The van der Waals surface area contributed by atoms with Gasteiger partial charge in [0.05, 0.1) is 30.9 Å². The monoisotopic (exact) mass is 445 g/mol. The van der Waals surface area contributed by atoms with Crippen LogP contribution >= 0.6 is 0 Å². The van der Waals surface area contributed by atoms with Crippen LogP contribution < -0.4 is 4.74 Å². The zero-order valence-electron chi connectivity index (χ0n) is 18.3. The SMILES string of the molecule is CCOC(=O)C1=CCC(N2C(=O)C(=O)C(=C(O)c3ccc(OC)cc3)C2c2ccccc2)=C1. The van der Waals surface area contributed by atoms with Crippen molar-refractivity contribution in [2.45, 2.75) is 19.4 Å². The molecule has 1 aliphatic heterocycles. The number of ether oxygens (including phenoxy) is 2. The highest BCUT2D eigenvalue weighted by atomic mass is 16.5. The lowest BCUT2D eigenvalue weighted by Crippen LogP contribution is -2.28. The molecule has 1 unspecified atom stereocenters. The van der Waals surface area contributed by atoms with Gasteiger partial charge >= 0.3 is 5.97 Å². The van der Waals surface area contributed by atoms with Crippen LogP contribution in [0.5, 0.6) is 5.75 Å². The molecule has 1 aliphatic carbocycles. The summed E-state index contributed by atoms with van der Waals surface area (Å²) in [4.78, 5) is 39.8. The standard InChI is InChI=1S/C26H23NO6/c1-3-33-26(31)18-9-12-19(15-18)27-22(16-7-5-4-6-8-16)21(24(29)25(27)30)23(28)17-10-13-20(32-2)14-11-17/h4-11,13-15,22,28H,3,12H2,1-2H3. The van der Waals surface area contributed by atoms with Crippen LogP contribution in [0.25, 0.3) is 5.76 Å². The van der Waals surface area contributed by atoms with Gasteiger partial charge in [-0.15, -0.1) is 0 Å². The van der Waals surface area contributed by atoms with Crippen LogP contribution in [0.2, 0.25) is 0 Å². The molecule has 4 rings (SSSR count). The average Bonchev–Trinajstić information content (AvgIpc) is 3.43. The van der Waals surface area contributed by atoms with E-state index in [1.165, 1.54) is 12.0 Å². The molecule has 1 saturated heterocycles. The van der Waals surface area contributed by atoms with Crippen LogP contribution in [-0.2, 0) is 19.1 Å². The number of aliphatic hydroxyl groups excluding tert-OH is 1. The van der Waals surface area contributed by atoms with Crippen LogP contribution in [0, 0.1) is 0 Å². The Morgan fingerprint density at radius 2 is 1.79 bits per heavy atom. The molecule has 1 amide bonds. The summed E-state index contributed by atoms with van der Waals surface area (Å²) in [6.45, 7) is 1.95. The maximum absolute atomic E-state index is 13.2. The fourth-order valence-corrected chi connectivity index (χ4v) is 4.02. The summed E-state index contributed by atoms with van der Waals surface area (Å²) >= 11 is 0. The molecule has 0 saturated carbocycles. The topological polar surface area (TPSA) is 93.1 Å². The zero-order valence-corrected chi connectivity index (χ0v) is 18.3. The van der Waals surface area contributed by atoms with E-state index < -0.39 is 23.7 Å². The van der Waals surface area contributed by atoms with Gasteiger partial charge < -0.3 is 14.6 Å². The van der Waals surface area contributed by atoms with Crippen LogP contribution in [-0.4, -0.2) is 41.4 Å². The molecule has 0 bridgehead atoms. The number of methoxy groups -OCH3 is 1. The zero-order chi connectivity index (χ0) is 23.5. The fraction of sp³-hybridized carbons (Fsp3) is 0.192. The molecule has 168 valence electrons. The lowest BCUT2D eigenvalue weighted by atomic mass is 9.95. The van der Waals surface area contributed by atoms with Gasteiger partial charge in [0.25, 0.3) is 11.7 Å². The van der Waals surface area contributed by atoms with Gasteiger partial charge in [-0.1, -0.05) is 36.4 Å². The van der Waals surface area contributed by atoms with Crippen LogP contribution in [0.3, 0.4) is 0 Å². The van der Waals surface area contributed by atoms with E-state index in [-0.39, 0.29) is 24.4 Å². The molecule has 1 heterocycles. The Morgan fingerprint density at radius 1 is 1.09 bits per heavy atom. The van der Waals surface area contributed by atoms with Crippen molar-refractivity contribution in [1.29, 1.82) is 0 Å². The minimum atomic E-state index is -0.838. The van der Waals surface area contributed by atoms with Crippen molar-refractivity contribution < 1.29 is 29.0 Å². The number of hydrogen-bond acceptors (Lipinski definition) is 6. The maximum Gasteiger partial charge on any atom is 0.337 e. The predicted octanol–water partition coefficient (Wildman–Crippen LogP) is 3.89. The molecule has 2 aromatic rings. The summed E-state index contributed by atoms with van der Waals surface area (Å²) in [6.07, 6.45) is 3.51. The third kappa shape index (κ3) is 4.05. The van der Waals surface area contributed by atoms with Crippen molar-refractivity contribution in [3.63, 3.8) is 0 Å². The Morgan fingerprint density at radius 3 is 2.42 bits per heavy atom. The molecule has 1 fully saturated rings. The first kappa shape index (κ1) is 22.1. The Hall–Kier alpha value is -4.13. The van der Waals surface area contributed by atoms with E-state index in [2.05, 4.69) is 0 Å². The molecule has 1 N–H and O–H groups in total. The van der Waals surface area contributed by atoms with E-state index in [1.54, 1.807) is 67.6 Å². The number of carbonyl (C=O) groups excluding carboxylic acids is 3. The molecule has 7 nitrogen and oxygen atoms in total. The molecule has 2 aliphatic rings. The second-order valence-electron chi connectivity index (χ2n) is 7.53. The normalized spacial score (nSPS) is 19.3. The summed E-state index contributed by atoms with van der Waals surface area (Å²) in [6, 6.07) is 14.7. The van der Waals surface area contributed by atoms with Crippen LogP contribution in [0.4, 0.5) is 0 Å². The Balaban J connectivity index is 1.81. The van der Waals surface area contributed by atoms with Crippen LogP contribution in [0.1, 0.15) is 30.5 Å². The lowest BCUT2D eigenvalue weighted by molar-refractivity contribution is -0.138. The number of benzene rings is 2. The number of rotatable bonds is 6. The highest BCUT2D eigenvalue weighted by molar-refractivity contribution is 6.47. The molecular weight excluding hydrogens is 422 g/mol. The van der Waals surface area contributed by atoms with Gasteiger partial charge in [0.1, 0.15) is 11.5 Å². The van der Waals surface area contributed by atoms with Gasteiger partial charge in [0.2, 0.25) is 0 Å². The van der Waals surface area contributed by atoms with E-state index in [4.69, 9.17) is 9.47 Å². The van der Waals surface area contributed by atoms with Crippen molar-refractivity contribution in [2.75, 3.05) is 13.7 Å². The number of hydrogen-bond donors (Lipinski definition) is 1. The van der Waals surface area contributed by atoms with E-state index in [0.29, 0.717) is 28.1 Å². The number of likely N-dealkylation sites (tertiary alicyclic amines) is 1. The van der Waals surface area contributed by atoms with Crippen molar-refractivity contribution in [3.05, 3.63) is 94.7 Å².